The van der Waals surface area contributed by atoms with Gasteiger partial charge in [-0.1, -0.05) is 6.07 Å². The maximum atomic E-state index is 12.4. The summed E-state index contributed by atoms with van der Waals surface area (Å²) >= 11 is 0. The van der Waals surface area contributed by atoms with Crippen LogP contribution in [0.4, 0.5) is 0 Å². The fraction of sp³-hybridized carbons (Fsp3) is 0.533. The highest BCUT2D eigenvalue weighted by molar-refractivity contribution is 5.94. The molecule has 1 saturated heterocycles. The van der Waals surface area contributed by atoms with Crippen LogP contribution in [0, 0.1) is 0 Å². The second-order valence-electron chi connectivity index (χ2n) is 4.92. The summed E-state index contributed by atoms with van der Waals surface area (Å²) in [7, 11) is 1.62. The van der Waals surface area contributed by atoms with Crippen LogP contribution < -0.4 is 4.74 Å². The highest BCUT2D eigenvalue weighted by Crippen LogP contribution is 2.18. The minimum absolute atomic E-state index is 0.0547. The van der Waals surface area contributed by atoms with Gasteiger partial charge in [0.05, 0.1) is 12.7 Å². The number of likely N-dealkylation sites (tertiary alicyclic amines) is 1. The highest BCUT2D eigenvalue weighted by Gasteiger charge is 2.23. The summed E-state index contributed by atoms with van der Waals surface area (Å²) < 4.78 is 10.4. The zero-order chi connectivity index (χ0) is 14.4. The zero-order valence-electron chi connectivity index (χ0n) is 11.7. The van der Waals surface area contributed by atoms with Gasteiger partial charge < -0.3 is 19.5 Å². The average molecular weight is 279 g/mol. The molecule has 1 N–H and O–H groups in total. The summed E-state index contributed by atoms with van der Waals surface area (Å²) in [6, 6.07) is 7.12. The first-order valence-electron chi connectivity index (χ1n) is 6.90. The first-order chi connectivity index (χ1) is 9.70. The number of benzene rings is 1. The first-order valence-corrected chi connectivity index (χ1v) is 6.90. The number of piperidine rings is 1. The molecule has 0 bridgehead atoms. The van der Waals surface area contributed by atoms with Crippen LogP contribution in [0.5, 0.6) is 5.75 Å². The van der Waals surface area contributed by atoms with Crippen LogP contribution in [-0.2, 0) is 4.74 Å². The fourth-order valence-electron chi connectivity index (χ4n) is 2.28. The molecule has 5 heteroatoms. The molecule has 1 atom stereocenters. The number of carbonyl (C=O) groups is 1. The molecule has 1 heterocycles. The van der Waals surface area contributed by atoms with E-state index < -0.39 is 6.10 Å². The second-order valence-corrected chi connectivity index (χ2v) is 4.92. The van der Waals surface area contributed by atoms with Crippen molar-refractivity contribution in [2.75, 3.05) is 33.4 Å². The molecule has 1 aliphatic heterocycles. The number of methoxy groups -OCH3 is 1. The van der Waals surface area contributed by atoms with Gasteiger partial charge in [-0.3, -0.25) is 4.79 Å². The molecular formula is C15H21NO4. The lowest BCUT2D eigenvalue weighted by Gasteiger charge is -2.30. The normalized spacial score (nSPS) is 18.9. The average Bonchev–Trinajstić information content (AvgIpc) is 2.47. The van der Waals surface area contributed by atoms with Gasteiger partial charge in [0.25, 0.3) is 5.91 Å². The van der Waals surface area contributed by atoms with Gasteiger partial charge in [-0.2, -0.15) is 0 Å². The Morgan fingerprint density at radius 1 is 1.45 bits per heavy atom. The Kier molecular flexibility index (Phi) is 5.38. The molecule has 0 aliphatic carbocycles. The molecule has 0 radical (unpaired) electrons. The Bertz CT molecular complexity index is 449. The van der Waals surface area contributed by atoms with Gasteiger partial charge in [-0.25, -0.2) is 0 Å². The Morgan fingerprint density at radius 3 is 3.05 bits per heavy atom. The summed E-state index contributed by atoms with van der Waals surface area (Å²) in [6.45, 7) is 2.07. The summed E-state index contributed by atoms with van der Waals surface area (Å²) in [5, 5.41) is 9.64. The van der Waals surface area contributed by atoms with Crippen molar-refractivity contribution in [3.05, 3.63) is 29.8 Å². The SMILES string of the molecule is COCCOc1cccc(C(=O)N2CCC[C@@H](O)C2)c1. The number of carbonyl (C=O) groups excluding carboxylic acids is 1. The summed E-state index contributed by atoms with van der Waals surface area (Å²) in [5.74, 6) is 0.603. The lowest BCUT2D eigenvalue weighted by molar-refractivity contribution is 0.0473. The summed E-state index contributed by atoms with van der Waals surface area (Å²) in [5.41, 5.74) is 0.592. The largest absolute Gasteiger partial charge is 0.491 e. The molecule has 0 saturated carbocycles. The van der Waals surface area contributed by atoms with Crippen molar-refractivity contribution in [2.45, 2.75) is 18.9 Å². The Morgan fingerprint density at radius 2 is 2.30 bits per heavy atom. The van der Waals surface area contributed by atoms with Crippen LogP contribution in [0.3, 0.4) is 0 Å². The van der Waals surface area contributed by atoms with E-state index in [1.165, 1.54) is 0 Å². The van der Waals surface area contributed by atoms with Crippen LogP contribution in [0.2, 0.25) is 0 Å². The van der Waals surface area contributed by atoms with E-state index in [1.807, 2.05) is 6.07 Å². The molecule has 2 rings (SSSR count). The number of hydrogen-bond acceptors (Lipinski definition) is 4. The first kappa shape index (κ1) is 14.8. The number of aliphatic hydroxyl groups excluding tert-OH is 1. The molecule has 1 fully saturated rings. The van der Waals surface area contributed by atoms with Crippen molar-refractivity contribution >= 4 is 5.91 Å². The van der Waals surface area contributed by atoms with Gasteiger partial charge in [-0.15, -0.1) is 0 Å². The molecule has 0 aromatic heterocycles. The maximum Gasteiger partial charge on any atom is 0.254 e. The Labute approximate surface area is 119 Å². The van der Waals surface area contributed by atoms with Gasteiger partial charge in [0.15, 0.2) is 0 Å². The van der Waals surface area contributed by atoms with Gasteiger partial charge in [0.1, 0.15) is 12.4 Å². The standard InChI is InChI=1S/C15H21NO4/c1-19-8-9-20-14-6-2-4-12(10-14)15(18)16-7-3-5-13(17)11-16/h2,4,6,10,13,17H,3,5,7-9,11H2,1H3/t13-/m1/s1. The quantitative estimate of drug-likeness (QED) is 0.826. The molecule has 20 heavy (non-hydrogen) atoms. The third-order valence-corrected chi connectivity index (χ3v) is 3.32. The van der Waals surface area contributed by atoms with Crippen molar-refractivity contribution in [2.24, 2.45) is 0 Å². The number of ether oxygens (including phenoxy) is 2. The number of hydrogen-bond donors (Lipinski definition) is 1. The van der Waals surface area contributed by atoms with Crippen molar-refractivity contribution in [1.82, 2.24) is 4.90 Å². The van der Waals surface area contributed by atoms with Crippen molar-refractivity contribution < 1.29 is 19.4 Å². The molecule has 0 spiro atoms. The van der Waals surface area contributed by atoms with E-state index in [-0.39, 0.29) is 5.91 Å². The Hall–Kier alpha value is -1.59. The molecule has 5 nitrogen and oxygen atoms in total. The predicted molar refractivity (Wildman–Crippen MR) is 75.0 cm³/mol. The van der Waals surface area contributed by atoms with Crippen molar-refractivity contribution in [1.29, 1.82) is 0 Å². The smallest absolute Gasteiger partial charge is 0.254 e. The minimum atomic E-state index is -0.408. The number of nitrogens with zero attached hydrogens (tertiary/aromatic N) is 1. The van der Waals surface area contributed by atoms with Crippen LogP contribution in [0.15, 0.2) is 24.3 Å². The third-order valence-electron chi connectivity index (χ3n) is 3.32. The van der Waals surface area contributed by atoms with Crippen molar-refractivity contribution in [3.63, 3.8) is 0 Å². The lowest BCUT2D eigenvalue weighted by atomic mass is 10.1. The molecule has 1 aliphatic rings. The van der Waals surface area contributed by atoms with E-state index in [0.717, 1.165) is 12.8 Å². The van der Waals surface area contributed by atoms with E-state index in [2.05, 4.69) is 0 Å². The predicted octanol–water partition coefficient (Wildman–Crippen LogP) is 1.31. The third kappa shape index (κ3) is 3.95. The maximum absolute atomic E-state index is 12.4. The van der Waals surface area contributed by atoms with E-state index in [0.29, 0.717) is 37.6 Å². The molecule has 110 valence electrons. The van der Waals surface area contributed by atoms with E-state index >= 15 is 0 Å². The molecular weight excluding hydrogens is 258 g/mol. The van der Waals surface area contributed by atoms with Crippen LogP contribution in [-0.4, -0.2) is 55.4 Å². The van der Waals surface area contributed by atoms with Gasteiger partial charge >= 0.3 is 0 Å². The Balaban J connectivity index is 2.00. The number of aliphatic hydroxyl groups is 1. The summed E-state index contributed by atoms with van der Waals surface area (Å²) in [4.78, 5) is 14.1. The second kappa shape index (κ2) is 7.26. The van der Waals surface area contributed by atoms with Crippen LogP contribution in [0.25, 0.3) is 0 Å². The topological polar surface area (TPSA) is 59.0 Å². The van der Waals surface area contributed by atoms with Crippen molar-refractivity contribution in [3.8, 4) is 5.75 Å². The monoisotopic (exact) mass is 279 g/mol. The van der Waals surface area contributed by atoms with Crippen LogP contribution in [0.1, 0.15) is 23.2 Å². The van der Waals surface area contributed by atoms with E-state index in [4.69, 9.17) is 9.47 Å². The number of β-amino-alcohol motifs (C(OH)–C–C–N with tert-alkyl or cyclic N) is 1. The van der Waals surface area contributed by atoms with Gasteiger partial charge in [0.2, 0.25) is 0 Å². The highest BCUT2D eigenvalue weighted by atomic mass is 16.5. The summed E-state index contributed by atoms with van der Waals surface area (Å²) in [6.07, 6.45) is 1.20. The zero-order valence-corrected chi connectivity index (χ0v) is 11.7. The van der Waals surface area contributed by atoms with E-state index in [9.17, 15) is 9.90 Å². The van der Waals surface area contributed by atoms with Gasteiger partial charge in [0, 0.05) is 25.8 Å². The number of rotatable bonds is 5. The molecule has 1 amide bonds. The fourth-order valence-corrected chi connectivity index (χ4v) is 2.28. The minimum Gasteiger partial charge on any atom is -0.491 e. The lowest BCUT2D eigenvalue weighted by Crippen LogP contribution is -2.42. The van der Waals surface area contributed by atoms with Crippen LogP contribution >= 0.6 is 0 Å². The van der Waals surface area contributed by atoms with Gasteiger partial charge in [-0.05, 0) is 31.0 Å². The molecule has 1 aromatic carbocycles. The number of amides is 1. The molecule has 1 aromatic rings. The van der Waals surface area contributed by atoms with E-state index in [1.54, 1.807) is 30.2 Å². The molecule has 0 unspecified atom stereocenters.